The van der Waals surface area contributed by atoms with Gasteiger partial charge in [0.05, 0.1) is 18.8 Å². The van der Waals surface area contributed by atoms with Gasteiger partial charge in [-0.05, 0) is 31.0 Å². The van der Waals surface area contributed by atoms with E-state index in [0.29, 0.717) is 13.1 Å². The molecule has 1 aliphatic rings. The molecular weight excluding hydrogens is 288 g/mol. The second kappa shape index (κ2) is 7.56. The van der Waals surface area contributed by atoms with E-state index in [9.17, 15) is 5.11 Å². The van der Waals surface area contributed by atoms with Gasteiger partial charge in [0.25, 0.3) is 0 Å². The highest BCUT2D eigenvalue weighted by Gasteiger charge is 2.24. The van der Waals surface area contributed by atoms with Crippen LogP contribution in [0, 0.1) is 6.92 Å². The molecule has 1 aromatic carbocycles. The quantitative estimate of drug-likeness (QED) is 0.841. The molecule has 0 unspecified atom stereocenters. The van der Waals surface area contributed by atoms with Crippen LogP contribution in [0.5, 0.6) is 0 Å². The van der Waals surface area contributed by atoms with E-state index in [0.717, 1.165) is 43.4 Å². The number of aliphatic hydroxyl groups is 1. The van der Waals surface area contributed by atoms with E-state index < -0.39 is 5.60 Å². The van der Waals surface area contributed by atoms with Gasteiger partial charge in [0.1, 0.15) is 0 Å². The number of benzene rings is 1. The van der Waals surface area contributed by atoms with Gasteiger partial charge in [-0.2, -0.15) is 0 Å². The maximum atomic E-state index is 10.5. The van der Waals surface area contributed by atoms with Crippen molar-refractivity contribution in [3.8, 4) is 0 Å². The molecule has 1 aliphatic heterocycles. The predicted octanol–water partition coefficient (Wildman–Crippen LogP) is 1.82. The third kappa shape index (κ3) is 5.57. The zero-order valence-electron chi connectivity index (χ0n) is 12.9. The molecule has 1 fully saturated rings. The summed E-state index contributed by atoms with van der Waals surface area (Å²) in [5.41, 5.74) is 1.52. The minimum absolute atomic E-state index is 0.562. The van der Waals surface area contributed by atoms with Gasteiger partial charge in [0.2, 0.25) is 0 Å². The van der Waals surface area contributed by atoms with E-state index in [-0.39, 0.29) is 0 Å². The van der Waals surface area contributed by atoms with Crippen LogP contribution in [-0.2, 0) is 11.3 Å². The normalized spacial score (nSPS) is 19.4. The number of aryl methyl sites for hydroxylation is 1. The van der Waals surface area contributed by atoms with Crippen LogP contribution in [0.1, 0.15) is 18.1 Å². The van der Waals surface area contributed by atoms with Gasteiger partial charge in [-0.15, -0.1) is 0 Å². The molecule has 0 bridgehead atoms. The molecule has 1 heterocycles. The van der Waals surface area contributed by atoms with Crippen molar-refractivity contribution < 1.29 is 9.84 Å². The Hall–Kier alpha value is -0.650. The first-order chi connectivity index (χ1) is 9.96. The zero-order valence-corrected chi connectivity index (χ0v) is 13.6. The Labute approximate surface area is 132 Å². The number of ether oxygens (including phenoxy) is 1. The third-order valence-electron chi connectivity index (χ3n) is 3.73. The van der Waals surface area contributed by atoms with Crippen LogP contribution in [0.4, 0.5) is 0 Å². The Bertz CT molecular complexity index is 460. The lowest BCUT2D eigenvalue weighted by atomic mass is 10.1. The highest BCUT2D eigenvalue weighted by molar-refractivity contribution is 6.31. The molecule has 118 valence electrons. The van der Waals surface area contributed by atoms with Crippen molar-refractivity contribution in [1.29, 1.82) is 0 Å². The third-order valence-corrected chi connectivity index (χ3v) is 4.15. The largest absolute Gasteiger partial charge is 0.388 e. The number of nitrogens with one attached hydrogen (secondary N) is 1. The lowest BCUT2D eigenvalue weighted by molar-refractivity contribution is -0.0219. The molecule has 0 amide bonds. The van der Waals surface area contributed by atoms with Crippen LogP contribution in [0.25, 0.3) is 0 Å². The van der Waals surface area contributed by atoms with E-state index in [1.54, 1.807) is 0 Å². The van der Waals surface area contributed by atoms with E-state index in [1.165, 1.54) is 5.56 Å². The Morgan fingerprint density at radius 3 is 2.76 bits per heavy atom. The highest BCUT2D eigenvalue weighted by atomic mass is 35.5. The Balaban J connectivity index is 1.76. The van der Waals surface area contributed by atoms with Crippen molar-refractivity contribution in [2.24, 2.45) is 0 Å². The maximum Gasteiger partial charge on any atom is 0.0869 e. The molecule has 4 nitrogen and oxygen atoms in total. The highest BCUT2D eigenvalue weighted by Crippen LogP contribution is 2.16. The summed E-state index contributed by atoms with van der Waals surface area (Å²) in [4.78, 5) is 2.25. The van der Waals surface area contributed by atoms with Gasteiger partial charge in [0, 0.05) is 37.7 Å². The molecule has 1 aromatic rings. The summed E-state index contributed by atoms with van der Waals surface area (Å²) in [5.74, 6) is 0. The lowest BCUT2D eigenvalue weighted by Gasteiger charge is -2.34. The molecule has 1 saturated heterocycles. The number of hydrogen-bond acceptors (Lipinski definition) is 4. The van der Waals surface area contributed by atoms with Crippen LogP contribution in [0.3, 0.4) is 0 Å². The van der Waals surface area contributed by atoms with Crippen molar-refractivity contribution in [1.82, 2.24) is 10.2 Å². The summed E-state index contributed by atoms with van der Waals surface area (Å²) in [6, 6.07) is 6.00. The predicted molar refractivity (Wildman–Crippen MR) is 85.8 cm³/mol. The van der Waals surface area contributed by atoms with Crippen LogP contribution in [0.15, 0.2) is 18.2 Å². The first-order valence-corrected chi connectivity index (χ1v) is 7.82. The van der Waals surface area contributed by atoms with Crippen molar-refractivity contribution in [2.45, 2.75) is 26.0 Å². The van der Waals surface area contributed by atoms with Crippen LogP contribution in [-0.4, -0.2) is 55.0 Å². The van der Waals surface area contributed by atoms with Gasteiger partial charge in [0.15, 0.2) is 0 Å². The average molecular weight is 313 g/mol. The average Bonchev–Trinajstić information content (AvgIpc) is 2.43. The minimum atomic E-state index is -0.737. The summed E-state index contributed by atoms with van der Waals surface area (Å²) >= 11 is 6.02. The first kappa shape index (κ1) is 16.7. The summed E-state index contributed by atoms with van der Waals surface area (Å²) in [6.07, 6.45) is 0. The summed E-state index contributed by atoms with van der Waals surface area (Å²) in [5, 5.41) is 14.6. The standard InChI is InChI=1S/C16H25ClN2O2/c1-13-9-14(3-4-15(13)17)10-18-11-16(2,20)12-19-5-7-21-8-6-19/h3-4,9,18,20H,5-8,10-12H2,1-2H3/t16-/m1/s1. The summed E-state index contributed by atoms with van der Waals surface area (Å²) < 4.78 is 5.32. The molecule has 21 heavy (non-hydrogen) atoms. The van der Waals surface area contributed by atoms with Gasteiger partial charge in [-0.3, -0.25) is 4.90 Å². The molecule has 0 aromatic heterocycles. The monoisotopic (exact) mass is 312 g/mol. The smallest absolute Gasteiger partial charge is 0.0869 e. The van der Waals surface area contributed by atoms with Crippen molar-refractivity contribution >= 4 is 11.6 Å². The number of halogens is 1. The first-order valence-electron chi connectivity index (χ1n) is 7.44. The van der Waals surface area contributed by atoms with Gasteiger partial charge >= 0.3 is 0 Å². The number of rotatable bonds is 6. The van der Waals surface area contributed by atoms with Crippen LogP contribution in [0.2, 0.25) is 5.02 Å². The van der Waals surface area contributed by atoms with Crippen molar-refractivity contribution in [3.63, 3.8) is 0 Å². The second-order valence-corrected chi connectivity index (χ2v) is 6.48. The lowest BCUT2D eigenvalue weighted by Crippen LogP contribution is -2.50. The molecule has 1 atom stereocenters. The maximum absolute atomic E-state index is 10.5. The van der Waals surface area contributed by atoms with Crippen LogP contribution < -0.4 is 5.32 Å². The number of nitrogens with zero attached hydrogens (tertiary/aromatic N) is 1. The Kier molecular flexibility index (Phi) is 6.02. The topological polar surface area (TPSA) is 44.7 Å². The summed E-state index contributed by atoms with van der Waals surface area (Å²) in [6.45, 7) is 9.15. The molecule has 2 rings (SSSR count). The molecule has 2 N–H and O–H groups in total. The Morgan fingerprint density at radius 2 is 2.10 bits per heavy atom. The number of hydrogen-bond donors (Lipinski definition) is 2. The van der Waals surface area contributed by atoms with Gasteiger partial charge in [-0.25, -0.2) is 0 Å². The molecule has 0 radical (unpaired) electrons. The number of morpholine rings is 1. The van der Waals surface area contributed by atoms with Crippen LogP contribution >= 0.6 is 11.6 Å². The van der Waals surface area contributed by atoms with Crippen molar-refractivity contribution in [3.05, 3.63) is 34.3 Å². The minimum Gasteiger partial charge on any atom is -0.388 e. The van der Waals surface area contributed by atoms with E-state index >= 15 is 0 Å². The van der Waals surface area contributed by atoms with Crippen molar-refractivity contribution in [2.75, 3.05) is 39.4 Å². The van der Waals surface area contributed by atoms with E-state index in [4.69, 9.17) is 16.3 Å². The fraction of sp³-hybridized carbons (Fsp3) is 0.625. The van der Waals surface area contributed by atoms with Gasteiger partial charge < -0.3 is 15.2 Å². The fourth-order valence-electron chi connectivity index (χ4n) is 2.59. The van der Waals surface area contributed by atoms with Gasteiger partial charge in [-0.1, -0.05) is 23.7 Å². The molecule has 0 aliphatic carbocycles. The molecule has 0 saturated carbocycles. The zero-order chi connectivity index (χ0) is 15.3. The summed E-state index contributed by atoms with van der Waals surface area (Å²) in [7, 11) is 0. The number of β-amino-alcohol motifs (C(OH)–C–C–N with tert-alkyl or cyclic N) is 1. The SMILES string of the molecule is Cc1cc(CNC[C@@](C)(O)CN2CCOCC2)ccc1Cl. The second-order valence-electron chi connectivity index (χ2n) is 6.07. The van der Waals surface area contributed by atoms with E-state index in [1.807, 2.05) is 26.0 Å². The molecule has 5 heteroatoms. The molecule has 0 spiro atoms. The fourth-order valence-corrected chi connectivity index (χ4v) is 2.71. The molecular formula is C16H25ClN2O2. The van der Waals surface area contributed by atoms with E-state index in [2.05, 4.69) is 16.3 Å². The Morgan fingerprint density at radius 1 is 1.38 bits per heavy atom.